The van der Waals surface area contributed by atoms with Crippen LogP contribution in [0.4, 0.5) is 17.1 Å². The van der Waals surface area contributed by atoms with E-state index in [1.165, 1.54) is 76.8 Å². The minimum Gasteiger partial charge on any atom is -0.310 e. The quantitative estimate of drug-likeness (QED) is 0.150. The molecule has 0 unspecified atom stereocenters. The average Bonchev–Trinajstić information content (AvgIpc) is 3.27. The molecule has 1 nitrogen and oxygen atoms in total. The monoisotopic (exact) mass is 699 g/mol. The topological polar surface area (TPSA) is 3.24 Å². The summed E-state index contributed by atoms with van der Waals surface area (Å²) in [6.07, 6.45) is 0. The highest BCUT2D eigenvalue weighted by Gasteiger charge is 2.18. The zero-order valence-corrected chi connectivity index (χ0v) is 30.3. The van der Waals surface area contributed by atoms with Crippen molar-refractivity contribution in [1.29, 1.82) is 0 Å². The summed E-state index contributed by atoms with van der Waals surface area (Å²) in [7, 11) is 0. The predicted octanol–water partition coefficient (Wildman–Crippen LogP) is 15.3. The van der Waals surface area contributed by atoms with E-state index < -0.39 is 0 Å². The van der Waals surface area contributed by atoms with Gasteiger partial charge in [-0.25, -0.2) is 0 Å². The summed E-state index contributed by atoms with van der Waals surface area (Å²) in [5.41, 5.74) is 13.0. The fourth-order valence-corrected chi connectivity index (χ4v) is 8.07. The van der Waals surface area contributed by atoms with Crippen molar-refractivity contribution in [2.24, 2.45) is 0 Å². The third-order valence-corrected chi connectivity index (χ3v) is 10.8. The highest BCUT2D eigenvalue weighted by Crippen LogP contribution is 2.44. The summed E-state index contributed by atoms with van der Waals surface area (Å²) in [5, 5.41) is 7.44. The minimum absolute atomic E-state index is 1.10. The first-order valence-corrected chi connectivity index (χ1v) is 18.9. The van der Waals surface area contributed by atoms with Gasteiger partial charge in [0.15, 0.2) is 0 Å². The van der Waals surface area contributed by atoms with E-state index in [0.717, 1.165) is 17.1 Å². The first-order valence-electron chi connectivity index (χ1n) is 18.9. The van der Waals surface area contributed by atoms with Crippen LogP contribution < -0.4 is 4.90 Å². The molecule has 10 aromatic carbocycles. The summed E-state index contributed by atoms with van der Waals surface area (Å²) in [6, 6.07) is 81.5. The molecule has 0 amide bonds. The second-order valence-electron chi connectivity index (χ2n) is 14.1. The van der Waals surface area contributed by atoms with Crippen LogP contribution in [0.5, 0.6) is 0 Å². The summed E-state index contributed by atoms with van der Waals surface area (Å²) in [4.78, 5) is 2.42. The van der Waals surface area contributed by atoms with Gasteiger partial charge < -0.3 is 4.90 Å². The zero-order valence-electron chi connectivity index (χ0n) is 30.3. The van der Waals surface area contributed by atoms with Gasteiger partial charge in [0.25, 0.3) is 0 Å². The van der Waals surface area contributed by atoms with Gasteiger partial charge in [-0.1, -0.05) is 182 Å². The lowest BCUT2D eigenvalue weighted by molar-refractivity contribution is 1.30. The third-order valence-electron chi connectivity index (χ3n) is 10.8. The van der Waals surface area contributed by atoms with Crippen molar-refractivity contribution in [3.8, 4) is 44.5 Å². The van der Waals surface area contributed by atoms with E-state index in [2.05, 4.69) is 229 Å². The van der Waals surface area contributed by atoms with E-state index in [-0.39, 0.29) is 0 Å². The Labute approximate surface area is 322 Å². The lowest BCUT2D eigenvalue weighted by Crippen LogP contribution is -2.10. The maximum absolute atomic E-state index is 2.42. The van der Waals surface area contributed by atoms with Gasteiger partial charge in [0.2, 0.25) is 0 Å². The first-order chi connectivity index (χ1) is 27.3. The normalized spacial score (nSPS) is 11.3. The molecule has 0 saturated heterocycles. The van der Waals surface area contributed by atoms with Crippen LogP contribution >= 0.6 is 0 Å². The van der Waals surface area contributed by atoms with Gasteiger partial charge in [0.1, 0.15) is 0 Å². The van der Waals surface area contributed by atoms with Crippen LogP contribution in [0.2, 0.25) is 0 Å². The number of benzene rings is 10. The van der Waals surface area contributed by atoms with Crippen molar-refractivity contribution in [1.82, 2.24) is 0 Å². The molecule has 1 heteroatoms. The highest BCUT2D eigenvalue weighted by molar-refractivity contribution is 6.14. The van der Waals surface area contributed by atoms with Crippen LogP contribution in [0.15, 0.2) is 224 Å². The molecule has 0 heterocycles. The fourth-order valence-electron chi connectivity index (χ4n) is 8.07. The Morgan fingerprint density at radius 1 is 0.236 bits per heavy atom. The number of nitrogens with zero attached hydrogens (tertiary/aromatic N) is 1. The molecular formula is C54H37N. The highest BCUT2D eigenvalue weighted by atomic mass is 15.1. The molecule has 0 bridgehead atoms. The van der Waals surface area contributed by atoms with Crippen LogP contribution in [0.1, 0.15) is 0 Å². The molecule has 0 fully saturated rings. The summed E-state index contributed by atoms with van der Waals surface area (Å²) in [6.45, 7) is 0. The largest absolute Gasteiger partial charge is 0.310 e. The molecule has 0 aliphatic carbocycles. The van der Waals surface area contributed by atoms with Crippen molar-refractivity contribution >= 4 is 49.4 Å². The second-order valence-corrected chi connectivity index (χ2v) is 14.1. The van der Waals surface area contributed by atoms with Crippen LogP contribution in [-0.4, -0.2) is 0 Å². The van der Waals surface area contributed by atoms with E-state index in [0.29, 0.717) is 0 Å². The van der Waals surface area contributed by atoms with Crippen molar-refractivity contribution < 1.29 is 0 Å². The Bertz CT molecular complexity index is 2950. The number of anilines is 3. The van der Waals surface area contributed by atoms with Crippen LogP contribution in [0.25, 0.3) is 76.8 Å². The summed E-state index contributed by atoms with van der Waals surface area (Å²) < 4.78 is 0. The molecule has 10 aromatic rings. The van der Waals surface area contributed by atoms with Crippen molar-refractivity contribution in [2.45, 2.75) is 0 Å². The fraction of sp³-hybridized carbons (Fsp3) is 0. The van der Waals surface area contributed by atoms with E-state index in [1.54, 1.807) is 0 Å². The molecule has 258 valence electrons. The van der Waals surface area contributed by atoms with Gasteiger partial charge in [-0.3, -0.25) is 0 Å². The summed E-state index contributed by atoms with van der Waals surface area (Å²) in [5.74, 6) is 0. The van der Waals surface area contributed by atoms with E-state index in [9.17, 15) is 0 Å². The van der Waals surface area contributed by atoms with Gasteiger partial charge in [-0.05, 0) is 114 Å². The van der Waals surface area contributed by atoms with E-state index in [4.69, 9.17) is 0 Å². The zero-order chi connectivity index (χ0) is 36.6. The molecule has 0 aliphatic heterocycles. The van der Waals surface area contributed by atoms with Crippen molar-refractivity contribution in [3.05, 3.63) is 224 Å². The van der Waals surface area contributed by atoms with Crippen LogP contribution in [0, 0.1) is 0 Å². The Morgan fingerprint density at radius 3 is 1.42 bits per heavy atom. The molecule has 55 heavy (non-hydrogen) atoms. The molecule has 0 aromatic heterocycles. The van der Waals surface area contributed by atoms with Crippen LogP contribution in [0.3, 0.4) is 0 Å². The molecule has 0 atom stereocenters. The minimum atomic E-state index is 1.10. The van der Waals surface area contributed by atoms with Gasteiger partial charge >= 0.3 is 0 Å². The first kappa shape index (κ1) is 32.4. The predicted molar refractivity (Wildman–Crippen MR) is 235 cm³/mol. The average molecular weight is 700 g/mol. The Balaban J connectivity index is 1.12. The molecule has 0 radical (unpaired) electrons. The molecule has 0 aliphatic rings. The maximum Gasteiger partial charge on any atom is 0.0546 e. The van der Waals surface area contributed by atoms with Gasteiger partial charge in [-0.15, -0.1) is 0 Å². The van der Waals surface area contributed by atoms with Gasteiger partial charge in [-0.2, -0.15) is 0 Å². The Hall–Kier alpha value is -7.22. The Kier molecular flexibility index (Phi) is 8.24. The lowest BCUT2D eigenvalue weighted by atomic mass is 9.91. The molecular weight excluding hydrogens is 663 g/mol. The van der Waals surface area contributed by atoms with Crippen molar-refractivity contribution in [3.63, 3.8) is 0 Å². The van der Waals surface area contributed by atoms with E-state index in [1.807, 2.05) is 0 Å². The molecule has 0 N–H and O–H groups in total. The third kappa shape index (κ3) is 6.12. The van der Waals surface area contributed by atoms with Gasteiger partial charge in [0, 0.05) is 16.8 Å². The Morgan fingerprint density at radius 2 is 0.709 bits per heavy atom. The van der Waals surface area contributed by atoms with Crippen LogP contribution in [-0.2, 0) is 0 Å². The lowest BCUT2D eigenvalue weighted by Gasteiger charge is -2.28. The van der Waals surface area contributed by atoms with Crippen molar-refractivity contribution in [2.75, 3.05) is 4.90 Å². The SMILES string of the molecule is c1ccc(-c2ccc(-c3ccccc3)c(-c3ccc(N(c4ccc(-c5ccc6ccccc6c5)cc4)c4cc5ccccc5c5ccccc45)cc3)c2)cc1. The maximum atomic E-state index is 2.42. The summed E-state index contributed by atoms with van der Waals surface area (Å²) >= 11 is 0. The van der Waals surface area contributed by atoms with Gasteiger partial charge in [0.05, 0.1) is 5.69 Å². The number of hydrogen-bond donors (Lipinski definition) is 0. The smallest absolute Gasteiger partial charge is 0.0546 e. The second kappa shape index (κ2) is 14.0. The molecule has 0 saturated carbocycles. The number of hydrogen-bond acceptors (Lipinski definition) is 1. The number of fused-ring (bicyclic) bond motifs is 4. The standard InChI is InChI=1S/C54H37N/c1-3-13-38(14-4-1)45-29-34-50(41-16-5-2-6-17-41)53(36-45)42-27-32-48(33-28-42)55(54-37-46-19-9-10-20-49(46)51-21-11-12-22-52(51)54)47-30-25-40(26-31-47)44-24-23-39-15-7-8-18-43(39)35-44/h1-37H. The van der Waals surface area contributed by atoms with E-state index >= 15 is 0 Å². The molecule has 10 rings (SSSR count). The molecule has 0 spiro atoms. The number of rotatable bonds is 7.